The van der Waals surface area contributed by atoms with Crippen LogP contribution in [0, 0.1) is 0 Å². The van der Waals surface area contributed by atoms with Crippen LogP contribution >= 0.6 is 0 Å². The Morgan fingerprint density at radius 2 is 1.59 bits per heavy atom. The number of benzene rings is 3. The second-order valence-corrected chi connectivity index (χ2v) is 7.70. The SMILES string of the molecule is CC(C)(C)OC(=O)c1ccc(-c2cccc(C=O)c2OCc2ccccc2)cc1. The smallest absolute Gasteiger partial charge is 0.338 e. The lowest BCUT2D eigenvalue weighted by molar-refractivity contribution is 0.00695. The van der Waals surface area contributed by atoms with E-state index >= 15 is 0 Å². The molecule has 4 heteroatoms. The molecule has 0 saturated carbocycles. The lowest BCUT2D eigenvalue weighted by Gasteiger charge is -2.19. The topological polar surface area (TPSA) is 52.6 Å². The van der Waals surface area contributed by atoms with Gasteiger partial charge in [0.05, 0.1) is 11.1 Å². The van der Waals surface area contributed by atoms with Gasteiger partial charge in [0, 0.05) is 5.56 Å². The molecule has 0 fully saturated rings. The Hall–Kier alpha value is -3.40. The average Bonchev–Trinajstić information content (AvgIpc) is 2.71. The largest absolute Gasteiger partial charge is 0.488 e. The lowest BCUT2D eigenvalue weighted by atomic mass is 10.0. The molecule has 29 heavy (non-hydrogen) atoms. The average molecular weight is 388 g/mol. The quantitative estimate of drug-likeness (QED) is 0.401. The summed E-state index contributed by atoms with van der Waals surface area (Å²) >= 11 is 0. The Labute approximate surface area is 171 Å². The van der Waals surface area contributed by atoms with E-state index in [0.29, 0.717) is 23.5 Å². The van der Waals surface area contributed by atoms with Crippen molar-refractivity contribution in [3.8, 4) is 16.9 Å². The van der Waals surface area contributed by atoms with Gasteiger partial charge in [0.15, 0.2) is 6.29 Å². The summed E-state index contributed by atoms with van der Waals surface area (Å²) in [5.74, 6) is 0.155. The standard InChI is InChI=1S/C25H24O4/c1-25(2,3)29-24(27)20-14-12-19(13-15-20)22-11-7-10-21(16-26)23(22)28-17-18-8-5-4-6-9-18/h4-16H,17H2,1-3H3. The molecule has 0 N–H and O–H groups in total. The van der Waals surface area contributed by atoms with E-state index in [-0.39, 0.29) is 5.97 Å². The maximum atomic E-state index is 12.2. The van der Waals surface area contributed by atoms with Gasteiger partial charge in [-0.2, -0.15) is 0 Å². The Balaban J connectivity index is 1.88. The number of carbonyl (C=O) groups excluding carboxylic acids is 2. The summed E-state index contributed by atoms with van der Waals surface area (Å²) < 4.78 is 11.4. The van der Waals surface area contributed by atoms with Crippen molar-refractivity contribution in [2.75, 3.05) is 0 Å². The fraction of sp³-hybridized carbons (Fsp3) is 0.200. The van der Waals surface area contributed by atoms with Crippen molar-refractivity contribution in [3.63, 3.8) is 0 Å². The van der Waals surface area contributed by atoms with E-state index in [0.717, 1.165) is 23.0 Å². The molecule has 0 radical (unpaired) electrons. The predicted octanol–water partition coefficient (Wildman–Crippen LogP) is 5.70. The van der Waals surface area contributed by atoms with E-state index in [4.69, 9.17) is 9.47 Å². The molecule has 4 nitrogen and oxygen atoms in total. The summed E-state index contributed by atoms with van der Waals surface area (Å²) in [5, 5.41) is 0. The third kappa shape index (κ3) is 5.32. The van der Waals surface area contributed by atoms with Gasteiger partial charge in [0.25, 0.3) is 0 Å². The maximum absolute atomic E-state index is 12.2. The van der Waals surface area contributed by atoms with Crippen LogP contribution in [0.3, 0.4) is 0 Å². The Bertz CT molecular complexity index is 984. The molecule has 0 saturated heterocycles. The first-order valence-electron chi connectivity index (χ1n) is 9.46. The highest BCUT2D eigenvalue weighted by molar-refractivity contribution is 5.91. The highest BCUT2D eigenvalue weighted by Crippen LogP contribution is 2.33. The van der Waals surface area contributed by atoms with Crippen LogP contribution in [0.5, 0.6) is 5.75 Å². The fourth-order valence-electron chi connectivity index (χ4n) is 2.89. The first-order valence-corrected chi connectivity index (χ1v) is 9.46. The molecule has 0 atom stereocenters. The van der Waals surface area contributed by atoms with Gasteiger partial charge in [-0.15, -0.1) is 0 Å². The van der Waals surface area contributed by atoms with E-state index in [1.54, 1.807) is 18.2 Å². The minimum absolute atomic E-state index is 0.356. The Kier molecular flexibility index (Phi) is 6.13. The number of rotatable bonds is 6. The predicted molar refractivity (Wildman–Crippen MR) is 113 cm³/mol. The van der Waals surface area contributed by atoms with Crippen molar-refractivity contribution in [2.45, 2.75) is 33.0 Å². The summed E-state index contributed by atoms with van der Waals surface area (Å²) in [6.07, 6.45) is 0.791. The molecule has 3 aromatic rings. The van der Waals surface area contributed by atoms with E-state index in [9.17, 15) is 9.59 Å². The van der Waals surface area contributed by atoms with Crippen molar-refractivity contribution in [3.05, 3.63) is 89.5 Å². The van der Waals surface area contributed by atoms with Gasteiger partial charge in [-0.1, -0.05) is 54.6 Å². The molecular weight excluding hydrogens is 364 g/mol. The van der Waals surface area contributed by atoms with E-state index < -0.39 is 5.60 Å². The number of hydrogen-bond acceptors (Lipinski definition) is 4. The van der Waals surface area contributed by atoms with Gasteiger partial charge in [-0.25, -0.2) is 4.79 Å². The molecule has 0 aliphatic carbocycles. The second-order valence-electron chi connectivity index (χ2n) is 7.70. The molecule has 0 unspecified atom stereocenters. The zero-order chi connectivity index (χ0) is 20.9. The number of esters is 1. The molecule has 0 heterocycles. The van der Waals surface area contributed by atoms with Crippen LogP contribution in [0.25, 0.3) is 11.1 Å². The van der Waals surface area contributed by atoms with Crippen molar-refractivity contribution in [1.29, 1.82) is 0 Å². The highest BCUT2D eigenvalue weighted by atomic mass is 16.6. The lowest BCUT2D eigenvalue weighted by Crippen LogP contribution is -2.23. The van der Waals surface area contributed by atoms with Crippen molar-refractivity contribution in [2.24, 2.45) is 0 Å². The molecule has 0 spiro atoms. The van der Waals surface area contributed by atoms with E-state index in [1.165, 1.54) is 0 Å². The summed E-state index contributed by atoms with van der Waals surface area (Å²) in [6, 6.07) is 22.3. The molecule has 0 aliphatic rings. The first-order chi connectivity index (χ1) is 13.9. The second kappa shape index (κ2) is 8.74. The summed E-state index contributed by atoms with van der Waals surface area (Å²) in [7, 11) is 0. The van der Waals surface area contributed by atoms with E-state index in [2.05, 4.69) is 0 Å². The molecule has 3 rings (SSSR count). The fourth-order valence-corrected chi connectivity index (χ4v) is 2.89. The Morgan fingerprint density at radius 1 is 0.897 bits per heavy atom. The molecule has 3 aromatic carbocycles. The number of hydrogen-bond donors (Lipinski definition) is 0. The summed E-state index contributed by atoms with van der Waals surface area (Å²) in [6.45, 7) is 5.86. The highest BCUT2D eigenvalue weighted by Gasteiger charge is 2.18. The van der Waals surface area contributed by atoms with Crippen LogP contribution in [0.1, 0.15) is 47.1 Å². The first kappa shape index (κ1) is 20.3. The third-order valence-electron chi connectivity index (χ3n) is 4.23. The van der Waals surface area contributed by atoms with Crippen molar-refractivity contribution >= 4 is 12.3 Å². The van der Waals surface area contributed by atoms with Gasteiger partial charge in [0.1, 0.15) is 18.0 Å². The van der Waals surface area contributed by atoms with Crippen LogP contribution in [-0.4, -0.2) is 17.9 Å². The van der Waals surface area contributed by atoms with Crippen LogP contribution in [0.15, 0.2) is 72.8 Å². The number of aldehydes is 1. The normalized spacial score (nSPS) is 11.0. The van der Waals surface area contributed by atoms with E-state index in [1.807, 2.05) is 75.4 Å². The maximum Gasteiger partial charge on any atom is 0.338 e. The van der Waals surface area contributed by atoms with Crippen LogP contribution in [0.4, 0.5) is 0 Å². The van der Waals surface area contributed by atoms with Gasteiger partial charge in [-0.3, -0.25) is 4.79 Å². The van der Waals surface area contributed by atoms with Gasteiger partial charge in [0.2, 0.25) is 0 Å². The van der Waals surface area contributed by atoms with Gasteiger partial charge < -0.3 is 9.47 Å². The molecule has 0 aliphatic heterocycles. The van der Waals surface area contributed by atoms with Crippen LogP contribution < -0.4 is 4.74 Å². The third-order valence-corrected chi connectivity index (χ3v) is 4.23. The number of para-hydroxylation sites is 1. The van der Waals surface area contributed by atoms with Crippen molar-refractivity contribution in [1.82, 2.24) is 0 Å². The van der Waals surface area contributed by atoms with Crippen molar-refractivity contribution < 1.29 is 19.1 Å². The molecule has 0 bridgehead atoms. The van der Waals surface area contributed by atoms with Gasteiger partial charge >= 0.3 is 5.97 Å². The Morgan fingerprint density at radius 3 is 2.21 bits per heavy atom. The zero-order valence-corrected chi connectivity index (χ0v) is 16.8. The van der Waals surface area contributed by atoms with Crippen LogP contribution in [-0.2, 0) is 11.3 Å². The minimum Gasteiger partial charge on any atom is -0.488 e. The molecule has 148 valence electrons. The zero-order valence-electron chi connectivity index (χ0n) is 16.8. The summed E-state index contributed by atoms with van der Waals surface area (Å²) in [4.78, 5) is 23.8. The molecule has 0 aromatic heterocycles. The van der Waals surface area contributed by atoms with Crippen LogP contribution in [0.2, 0.25) is 0 Å². The van der Waals surface area contributed by atoms with Gasteiger partial charge in [-0.05, 0) is 50.1 Å². The number of carbonyl (C=O) groups is 2. The number of ether oxygens (including phenoxy) is 2. The molecular formula is C25H24O4. The minimum atomic E-state index is -0.549. The summed E-state index contributed by atoms with van der Waals surface area (Å²) in [5.41, 5.74) is 3.06. The molecule has 0 amide bonds. The monoisotopic (exact) mass is 388 g/mol.